The van der Waals surface area contributed by atoms with Gasteiger partial charge in [0, 0.05) is 18.7 Å². The van der Waals surface area contributed by atoms with Crippen LogP contribution in [0.4, 0.5) is 5.69 Å². The molecule has 0 N–H and O–H groups in total. The van der Waals surface area contributed by atoms with Crippen molar-refractivity contribution in [1.29, 1.82) is 0 Å². The Morgan fingerprint density at radius 2 is 2.07 bits per heavy atom. The van der Waals surface area contributed by atoms with E-state index in [0.29, 0.717) is 12.3 Å². The van der Waals surface area contributed by atoms with Crippen LogP contribution in [0.5, 0.6) is 0 Å². The number of rotatable bonds is 2. The highest BCUT2D eigenvalue weighted by atomic mass is 16.2. The van der Waals surface area contributed by atoms with Crippen LogP contribution in [0, 0.1) is 5.92 Å². The molecule has 1 aliphatic rings. The smallest absolute Gasteiger partial charge is 0.227 e. The molecular formula is C12H15NO. The van der Waals surface area contributed by atoms with E-state index in [1.807, 2.05) is 35.2 Å². The first-order valence-corrected chi connectivity index (χ1v) is 5.16. The van der Waals surface area contributed by atoms with Gasteiger partial charge in [-0.3, -0.25) is 4.79 Å². The zero-order chi connectivity index (χ0) is 9.97. The second-order valence-electron chi connectivity index (χ2n) is 3.82. The summed E-state index contributed by atoms with van der Waals surface area (Å²) < 4.78 is 0. The van der Waals surface area contributed by atoms with Crippen LogP contribution in [0.15, 0.2) is 30.3 Å². The highest BCUT2D eigenvalue weighted by molar-refractivity contribution is 5.95. The number of nitrogens with zero attached hydrogens (tertiary/aromatic N) is 1. The molecule has 0 aliphatic carbocycles. The maximum Gasteiger partial charge on any atom is 0.227 e. The zero-order valence-electron chi connectivity index (χ0n) is 8.44. The Morgan fingerprint density at radius 3 is 2.64 bits per heavy atom. The molecule has 2 heteroatoms. The second kappa shape index (κ2) is 3.82. The van der Waals surface area contributed by atoms with Gasteiger partial charge < -0.3 is 4.90 Å². The Morgan fingerprint density at radius 1 is 1.36 bits per heavy atom. The van der Waals surface area contributed by atoms with Gasteiger partial charge in [-0.05, 0) is 18.1 Å². The van der Waals surface area contributed by atoms with Gasteiger partial charge in [0.25, 0.3) is 0 Å². The van der Waals surface area contributed by atoms with E-state index in [1.54, 1.807) is 0 Å². The second-order valence-corrected chi connectivity index (χ2v) is 3.82. The molecule has 1 heterocycles. The number of benzene rings is 1. The molecule has 0 saturated carbocycles. The maximum atomic E-state index is 11.7. The van der Waals surface area contributed by atoms with E-state index < -0.39 is 0 Å². The molecule has 1 aromatic rings. The molecule has 1 fully saturated rings. The van der Waals surface area contributed by atoms with Gasteiger partial charge in [-0.2, -0.15) is 0 Å². The Bertz CT molecular complexity index is 320. The van der Waals surface area contributed by atoms with E-state index in [4.69, 9.17) is 0 Å². The Balaban J connectivity index is 2.17. The number of para-hydroxylation sites is 1. The quantitative estimate of drug-likeness (QED) is 0.699. The van der Waals surface area contributed by atoms with E-state index in [1.165, 1.54) is 0 Å². The topological polar surface area (TPSA) is 20.3 Å². The van der Waals surface area contributed by atoms with E-state index in [9.17, 15) is 4.79 Å². The minimum atomic E-state index is 0.267. The third-order valence-corrected chi connectivity index (χ3v) is 2.85. The van der Waals surface area contributed by atoms with Crippen LogP contribution < -0.4 is 4.90 Å². The number of anilines is 1. The highest BCUT2D eigenvalue weighted by Crippen LogP contribution is 2.26. The summed E-state index contributed by atoms with van der Waals surface area (Å²) in [6.45, 7) is 3.03. The lowest BCUT2D eigenvalue weighted by atomic mass is 10.1. The number of carbonyl (C=O) groups is 1. The summed E-state index contributed by atoms with van der Waals surface area (Å²) in [6, 6.07) is 9.91. The van der Waals surface area contributed by atoms with Crippen molar-refractivity contribution in [2.45, 2.75) is 19.8 Å². The molecule has 1 atom stereocenters. The minimum Gasteiger partial charge on any atom is -0.312 e. The van der Waals surface area contributed by atoms with Crippen molar-refractivity contribution in [2.75, 3.05) is 11.4 Å². The lowest BCUT2D eigenvalue weighted by Gasteiger charge is -2.16. The van der Waals surface area contributed by atoms with Gasteiger partial charge in [-0.25, -0.2) is 0 Å². The largest absolute Gasteiger partial charge is 0.312 e. The monoisotopic (exact) mass is 189 g/mol. The van der Waals surface area contributed by atoms with Gasteiger partial charge in [-0.15, -0.1) is 0 Å². The van der Waals surface area contributed by atoms with Gasteiger partial charge in [-0.1, -0.05) is 31.5 Å². The first-order chi connectivity index (χ1) is 6.81. The van der Waals surface area contributed by atoms with Gasteiger partial charge in [0.05, 0.1) is 0 Å². The molecule has 0 bridgehead atoms. The lowest BCUT2D eigenvalue weighted by molar-refractivity contribution is -0.117. The highest BCUT2D eigenvalue weighted by Gasteiger charge is 2.28. The number of carbonyl (C=O) groups excluding carboxylic acids is 1. The molecule has 2 rings (SSSR count). The van der Waals surface area contributed by atoms with Crippen LogP contribution in [-0.4, -0.2) is 12.5 Å². The van der Waals surface area contributed by atoms with Crippen LogP contribution in [0.2, 0.25) is 0 Å². The number of amides is 1. The molecule has 2 nitrogen and oxygen atoms in total. The van der Waals surface area contributed by atoms with Crippen LogP contribution in [-0.2, 0) is 4.79 Å². The molecule has 1 aliphatic heterocycles. The summed E-state index contributed by atoms with van der Waals surface area (Å²) in [6.07, 6.45) is 1.81. The first kappa shape index (κ1) is 9.25. The van der Waals surface area contributed by atoms with Crippen LogP contribution >= 0.6 is 0 Å². The molecule has 0 radical (unpaired) electrons. The van der Waals surface area contributed by atoms with Gasteiger partial charge >= 0.3 is 0 Å². The summed E-state index contributed by atoms with van der Waals surface area (Å²) in [5.74, 6) is 0.811. The van der Waals surface area contributed by atoms with Crippen molar-refractivity contribution in [3.63, 3.8) is 0 Å². The van der Waals surface area contributed by atoms with Gasteiger partial charge in [0.15, 0.2) is 0 Å². The fourth-order valence-electron chi connectivity index (χ4n) is 1.91. The average molecular weight is 189 g/mol. The summed E-state index contributed by atoms with van der Waals surface area (Å²) in [5, 5.41) is 0. The zero-order valence-corrected chi connectivity index (χ0v) is 8.44. The fraction of sp³-hybridized carbons (Fsp3) is 0.417. The number of hydrogen-bond donors (Lipinski definition) is 0. The molecular weight excluding hydrogens is 174 g/mol. The van der Waals surface area contributed by atoms with Crippen molar-refractivity contribution in [1.82, 2.24) is 0 Å². The maximum absolute atomic E-state index is 11.7. The van der Waals surface area contributed by atoms with E-state index in [-0.39, 0.29) is 5.91 Å². The van der Waals surface area contributed by atoms with Crippen molar-refractivity contribution in [2.24, 2.45) is 5.92 Å². The van der Waals surface area contributed by atoms with Crippen molar-refractivity contribution >= 4 is 11.6 Å². The predicted octanol–water partition coefficient (Wildman–Crippen LogP) is 2.45. The summed E-state index contributed by atoms with van der Waals surface area (Å²) in [7, 11) is 0. The van der Waals surface area contributed by atoms with Crippen molar-refractivity contribution in [3.05, 3.63) is 30.3 Å². The SMILES string of the molecule is CCC1CC(=O)N(c2ccccc2)C1. The molecule has 1 amide bonds. The third kappa shape index (κ3) is 1.65. The summed E-state index contributed by atoms with van der Waals surface area (Å²) >= 11 is 0. The van der Waals surface area contributed by atoms with E-state index in [2.05, 4.69) is 6.92 Å². The van der Waals surface area contributed by atoms with E-state index in [0.717, 1.165) is 18.7 Å². The van der Waals surface area contributed by atoms with Gasteiger partial charge in [0.2, 0.25) is 5.91 Å². The Hall–Kier alpha value is -1.31. The lowest BCUT2D eigenvalue weighted by Crippen LogP contribution is -2.24. The molecule has 74 valence electrons. The van der Waals surface area contributed by atoms with Crippen LogP contribution in [0.1, 0.15) is 19.8 Å². The van der Waals surface area contributed by atoms with Gasteiger partial charge in [0.1, 0.15) is 0 Å². The Kier molecular flexibility index (Phi) is 2.53. The molecule has 1 unspecified atom stereocenters. The van der Waals surface area contributed by atoms with Crippen molar-refractivity contribution < 1.29 is 4.79 Å². The fourth-order valence-corrected chi connectivity index (χ4v) is 1.91. The summed E-state index contributed by atoms with van der Waals surface area (Å²) in [5.41, 5.74) is 1.04. The van der Waals surface area contributed by atoms with Crippen LogP contribution in [0.3, 0.4) is 0 Å². The third-order valence-electron chi connectivity index (χ3n) is 2.85. The molecule has 1 saturated heterocycles. The molecule has 14 heavy (non-hydrogen) atoms. The van der Waals surface area contributed by atoms with Crippen molar-refractivity contribution in [3.8, 4) is 0 Å². The molecule has 0 spiro atoms. The number of hydrogen-bond acceptors (Lipinski definition) is 1. The normalized spacial score (nSPS) is 21.6. The Labute approximate surface area is 84.5 Å². The standard InChI is InChI=1S/C12H15NO/c1-2-10-8-12(14)13(9-10)11-6-4-3-5-7-11/h3-7,10H,2,8-9H2,1H3. The molecule has 1 aromatic carbocycles. The first-order valence-electron chi connectivity index (χ1n) is 5.16. The van der Waals surface area contributed by atoms with E-state index >= 15 is 0 Å². The minimum absolute atomic E-state index is 0.267. The summed E-state index contributed by atoms with van der Waals surface area (Å²) in [4.78, 5) is 13.6. The van der Waals surface area contributed by atoms with Crippen LogP contribution in [0.25, 0.3) is 0 Å². The molecule has 0 aromatic heterocycles. The predicted molar refractivity (Wildman–Crippen MR) is 57.2 cm³/mol. The average Bonchev–Trinajstić information content (AvgIpc) is 2.61.